The van der Waals surface area contributed by atoms with Crippen LogP contribution in [0.15, 0.2) is 36.4 Å². The van der Waals surface area contributed by atoms with Gasteiger partial charge < -0.3 is 29.5 Å². The first kappa shape index (κ1) is 23.5. The topological polar surface area (TPSA) is 97.3 Å². The lowest BCUT2D eigenvalue weighted by molar-refractivity contribution is -0.126. The number of rotatable bonds is 7. The summed E-state index contributed by atoms with van der Waals surface area (Å²) in [5.74, 6) is 1.02. The van der Waals surface area contributed by atoms with E-state index in [1.54, 1.807) is 35.2 Å². The van der Waals surface area contributed by atoms with Gasteiger partial charge in [-0.2, -0.15) is 0 Å². The summed E-state index contributed by atoms with van der Waals surface area (Å²) in [6.45, 7) is 1.09. The maximum Gasteiger partial charge on any atom is 0.253 e. The van der Waals surface area contributed by atoms with Crippen LogP contribution in [0.1, 0.15) is 23.2 Å². The number of aliphatic hydroxyl groups is 1. The van der Waals surface area contributed by atoms with Crippen LogP contribution in [0.3, 0.4) is 0 Å². The van der Waals surface area contributed by atoms with Crippen LogP contribution in [0, 0.1) is 5.92 Å². The number of ether oxygens (including phenoxy) is 3. The molecule has 0 aliphatic carbocycles. The minimum Gasteiger partial charge on any atom is -0.491 e. The van der Waals surface area contributed by atoms with Crippen molar-refractivity contribution in [3.05, 3.63) is 52.0 Å². The minimum atomic E-state index is -0.892. The smallest absolute Gasteiger partial charge is 0.253 e. The van der Waals surface area contributed by atoms with Gasteiger partial charge in [-0.3, -0.25) is 9.59 Å². The number of benzene rings is 2. The summed E-state index contributed by atoms with van der Waals surface area (Å²) < 4.78 is 16.1. The highest BCUT2D eigenvalue weighted by atomic mass is 35.5. The van der Waals surface area contributed by atoms with Crippen LogP contribution in [-0.4, -0.2) is 61.0 Å². The summed E-state index contributed by atoms with van der Waals surface area (Å²) in [6.07, 6.45) is 0.485. The van der Waals surface area contributed by atoms with Crippen molar-refractivity contribution in [2.45, 2.75) is 18.9 Å². The van der Waals surface area contributed by atoms with Gasteiger partial charge in [0.2, 0.25) is 12.7 Å². The number of carbonyl (C=O) groups is 2. The van der Waals surface area contributed by atoms with Crippen molar-refractivity contribution in [1.82, 2.24) is 10.2 Å². The van der Waals surface area contributed by atoms with Gasteiger partial charge in [0.05, 0.1) is 16.0 Å². The number of amides is 2. The van der Waals surface area contributed by atoms with Gasteiger partial charge in [0.15, 0.2) is 11.5 Å². The van der Waals surface area contributed by atoms with Crippen LogP contribution in [0.2, 0.25) is 10.0 Å². The fourth-order valence-electron chi connectivity index (χ4n) is 3.77. The third-order valence-electron chi connectivity index (χ3n) is 5.54. The van der Waals surface area contributed by atoms with Crippen LogP contribution in [0.4, 0.5) is 0 Å². The second-order valence-corrected chi connectivity index (χ2v) is 8.76. The molecular formula is C23H24Cl2N2O6. The summed E-state index contributed by atoms with van der Waals surface area (Å²) in [5.41, 5.74) is 0.432. The molecule has 2 aliphatic rings. The molecular weight excluding hydrogens is 471 g/mol. The molecule has 2 unspecified atom stereocenters. The molecule has 2 heterocycles. The predicted octanol–water partition coefficient (Wildman–Crippen LogP) is 3.13. The Balaban J connectivity index is 1.24. The molecule has 33 heavy (non-hydrogen) atoms. The Morgan fingerprint density at radius 1 is 1.15 bits per heavy atom. The van der Waals surface area contributed by atoms with E-state index in [2.05, 4.69) is 5.32 Å². The molecule has 0 bridgehead atoms. The molecule has 1 saturated heterocycles. The molecule has 176 valence electrons. The average Bonchev–Trinajstić information content (AvgIpc) is 3.30. The summed E-state index contributed by atoms with van der Waals surface area (Å²) in [5, 5.41) is 13.7. The summed E-state index contributed by atoms with van der Waals surface area (Å²) in [4.78, 5) is 27.1. The molecule has 2 aromatic carbocycles. The Hall–Kier alpha value is -2.68. The number of nitrogens with zero attached hydrogens (tertiary/aromatic N) is 1. The van der Waals surface area contributed by atoms with Gasteiger partial charge in [-0.1, -0.05) is 23.2 Å². The Morgan fingerprint density at radius 2 is 1.97 bits per heavy atom. The highest BCUT2D eigenvalue weighted by molar-refractivity contribution is 6.42. The minimum absolute atomic E-state index is 0.00648. The molecule has 8 nitrogen and oxygen atoms in total. The number of nitrogens with one attached hydrogen (secondary N) is 1. The van der Waals surface area contributed by atoms with Gasteiger partial charge in [-0.05, 0) is 43.2 Å². The van der Waals surface area contributed by atoms with Gasteiger partial charge >= 0.3 is 0 Å². The van der Waals surface area contributed by atoms with Crippen molar-refractivity contribution in [3.8, 4) is 17.2 Å². The standard InChI is InChI=1S/C23H24Cl2N2O6/c24-18-5-3-14(8-19(18)25)23(30)27-7-1-2-15(11-27)22(29)26-10-16(28)12-31-17-4-6-20-21(9-17)33-13-32-20/h3-6,8-9,15-16,28H,1-2,7,10-13H2,(H,26,29). The quantitative estimate of drug-likeness (QED) is 0.613. The van der Waals surface area contributed by atoms with E-state index in [0.717, 1.165) is 0 Å². The fraction of sp³-hybridized carbons (Fsp3) is 0.391. The molecule has 0 aromatic heterocycles. The number of fused-ring (bicyclic) bond motifs is 1. The molecule has 2 N–H and O–H groups in total. The molecule has 2 aromatic rings. The lowest BCUT2D eigenvalue weighted by Crippen LogP contribution is -2.47. The van der Waals surface area contributed by atoms with E-state index in [9.17, 15) is 14.7 Å². The van der Waals surface area contributed by atoms with Crippen LogP contribution in [0.25, 0.3) is 0 Å². The zero-order chi connectivity index (χ0) is 23.4. The molecule has 2 aliphatic heterocycles. The number of carbonyl (C=O) groups excluding carboxylic acids is 2. The molecule has 0 saturated carbocycles. The summed E-state index contributed by atoms with van der Waals surface area (Å²) in [7, 11) is 0. The normalized spacial score (nSPS) is 18.0. The van der Waals surface area contributed by atoms with E-state index in [1.165, 1.54) is 6.07 Å². The Kier molecular flexibility index (Phi) is 7.47. The van der Waals surface area contributed by atoms with E-state index in [4.69, 9.17) is 37.4 Å². The number of halogens is 2. The second kappa shape index (κ2) is 10.5. The Morgan fingerprint density at radius 3 is 2.79 bits per heavy atom. The maximum atomic E-state index is 12.8. The number of hydrogen-bond acceptors (Lipinski definition) is 6. The average molecular weight is 495 g/mol. The third kappa shape index (κ3) is 5.82. The Bertz CT molecular complexity index is 1030. The van der Waals surface area contributed by atoms with E-state index in [-0.39, 0.29) is 37.7 Å². The number of likely N-dealkylation sites (tertiary alicyclic amines) is 1. The predicted molar refractivity (Wildman–Crippen MR) is 122 cm³/mol. The van der Waals surface area contributed by atoms with Gasteiger partial charge in [0, 0.05) is 31.3 Å². The van der Waals surface area contributed by atoms with Crippen LogP contribution >= 0.6 is 23.2 Å². The second-order valence-electron chi connectivity index (χ2n) is 7.94. The monoisotopic (exact) mass is 494 g/mol. The lowest BCUT2D eigenvalue weighted by Gasteiger charge is -2.32. The third-order valence-corrected chi connectivity index (χ3v) is 6.28. The van der Waals surface area contributed by atoms with E-state index in [1.807, 2.05) is 0 Å². The zero-order valence-electron chi connectivity index (χ0n) is 17.8. The SMILES string of the molecule is O=C(NCC(O)COc1ccc2c(c1)OCO2)C1CCCN(C(=O)c2ccc(Cl)c(Cl)c2)C1. The zero-order valence-corrected chi connectivity index (χ0v) is 19.3. The van der Waals surface area contributed by atoms with E-state index < -0.39 is 6.10 Å². The fourth-order valence-corrected chi connectivity index (χ4v) is 4.07. The molecule has 4 rings (SSSR count). The number of aliphatic hydroxyl groups excluding tert-OH is 1. The summed E-state index contributed by atoms with van der Waals surface area (Å²) >= 11 is 11.9. The van der Waals surface area contributed by atoms with Gasteiger partial charge in [0.1, 0.15) is 18.5 Å². The Labute approximate surface area is 201 Å². The van der Waals surface area contributed by atoms with E-state index in [0.29, 0.717) is 58.8 Å². The van der Waals surface area contributed by atoms with Gasteiger partial charge in [-0.15, -0.1) is 0 Å². The van der Waals surface area contributed by atoms with Crippen LogP contribution in [0.5, 0.6) is 17.2 Å². The van der Waals surface area contributed by atoms with Crippen molar-refractivity contribution in [2.75, 3.05) is 33.0 Å². The first-order chi connectivity index (χ1) is 15.9. The highest BCUT2D eigenvalue weighted by Crippen LogP contribution is 2.35. The van der Waals surface area contributed by atoms with Crippen molar-refractivity contribution >= 4 is 35.0 Å². The highest BCUT2D eigenvalue weighted by Gasteiger charge is 2.29. The number of hydrogen-bond donors (Lipinski definition) is 2. The lowest BCUT2D eigenvalue weighted by atomic mass is 9.96. The largest absolute Gasteiger partial charge is 0.491 e. The van der Waals surface area contributed by atoms with Crippen molar-refractivity contribution < 1.29 is 28.9 Å². The van der Waals surface area contributed by atoms with Crippen molar-refractivity contribution in [1.29, 1.82) is 0 Å². The molecule has 1 fully saturated rings. The first-order valence-electron chi connectivity index (χ1n) is 10.6. The van der Waals surface area contributed by atoms with Crippen molar-refractivity contribution in [3.63, 3.8) is 0 Å². The first-order valence-corrected chi connectivity index (χ1v) is 11.4. The van der Waals surface area contributed by atoms with E-state index >= 15 is 0 Å². The van der Waals surface area contributed by atoms with Gasteiger partial charge in [0.25, 0.3) is 5.91 Å². The van der Waals surface area contributed by atoms with Crippen molar-refractivity contribution in [2.24, 2.45) is 5.92 Å². The molecule has 2 amide bonds. The molecule has 0 spiro atoms. The van der Waals surface area contributed by atoms with Crippen LogP contribution < -0.4 is 19.5 Å². The molecule has 10 heteroatoms. The molecule has 0 radical (unpaired) electrons. The van der Waals surface area contributed by atoms with Crippen LogP contribution in [-0.2, 0) is 4.79 Å². The maximum absolute atomic E-state index is 12.8. The number of piperidine rings is 1. The summed E-state index contributed by atoms with van der Waals surface area (Å²) in [6, 6.07) is 9.89. The van der Waals surface area contributed by atoms with Gasteiger partial charge in [-0.25, -0.2) is 0 Å². The molecule has 2 atom stereocenters.